The van der Waals surface area contributed by atoms with Gasteiger partial charge in [-0.15, -0.1) is 3.89 Å². The van der Waals surface area contributed by atoms with Gasteiger partial charge in [0.2, 0.25) is 0 Å². The molecule has 9 heteroatoms. The second kappa shape index (κ2) is 4.68. The summed E-state index contributed by atoms with van der Waals surface area (Å²) in [7, 11) is -5.06. The largest absolute Gasteiger partial charge is 0.433 e. The minimum Gasteiger partial charge on any atom is -0.433 e. The highest BCUT2D eigenvalue weighted by atomic mass is 35.5. The summed E-state index contributed by atoms with van der Waals surface area (Å²) < 4.78 is 61.3. The predicted molar refractivity (Wildman–Crippen MR) is 51.4 cm³/mol. The van der Waals surface area contributed by atoms with E-state index in [0.717, 1.165) is 0 Å². The maximum absolute atomic E-state index is 12.6. The average molecular weight is 295 g/mol. The van der Waals surface area contributed by atoms with Crippen molar-refractivity contribution in [3.05, 3.63) is 22.2 Å². The average Bonchev–Trinajstić information content (AvgIpc) is 2.07. The van der Waals surface area contributed by atoms with E-state index >= 15 is 0 Å². The Balaban J connectivity index is 3.28. The molecule has 0 aliphatic carbocycles. The highest BCUT2D eigenvalue weighted by molar-refractivity contribution is 7.86. The molecule has 1 aromatic carbocycles. The highest BCUT2D eigenvalue weighted by Gasteiger charge is 2.20. The smallest absolute Gasteiger partial charge is 0.387 e. The van der Waals surface area contributed by atoms with Crippen LogP contribution in [0.2, 0.25) is 10.0 Å². The summed E-state index contributed by atoms with van der Waals surface area (Å²) in [6.07, 6.45) is 0. The van der Waals surface area contributed by atoms with Crippen molar-refractivity contribution < 1.29 is 25.8 Å². The van der Waals surface area contributed by atoms with Gasteiger partial charge < -0.3 is 4.74 Å². The van der Waals surface area contributed by atoms with Gasteiger partial charge in [0.25, 0.3) is 0 Å². The molecule has 1 rings (SSSR count). The van der Waals surface area contributed by atoms with E-state index in [1.54, 1.807) is 0 Å². The fraction of sp³-hybridized carbons (Fsp3) is 0.143. The van der Waals surface area contributed by atoms with Crippen LogP contribution in [0.4, 0.5) is 12.7 Å². The fourth-order valence-electron chi connectivity index (χ4n) is 0.883. The van der Waals surface area contributed by atoms with Crippen LogP contribution in [-0.2, 0) is 10.2 Å². The molecule has 90 valence electrons. The van der Waals surface area contributed by atoms with E-state index in [1.165, 1.54) is 0 Å². The van der Waals surface area contributed by atoms with Crippen LogP contribution in [0, 0.1) is 0 Å². The predicted octanol–water partition coefficient (Wildman–Crippen LogP) is 3.25. The summed E-state index contributed by atoms with van der Waals surface area (Å²) in [5.41, 5.74) is 0. The molecule has 0 unspecified atom stereocenters. The highest BCUT2D eigenvalue weighted by Crippen LogP contribution is 2.34. The lowest BCUT2D eigenvalue weighted by molar-refractivity contribution is -0.0498. The summed E-state index contributed by atoms with van der Waals surface area (Å²) in [4.78, 5) is -0.902. The maximum Gasteiger partial charge on any atom is 0.387 e. The second-order valence-electron chi connectivity index (χ2n) is 2.53. The molecule has 0 bridgehead atoms. The van der Waals surface area contributed by atoms with E-state index in [-0.39, 0.29) is 0 Å². The molecule has 0 heterocycles. The Hall–Kier alpha value is -0.660. The molecule has 0 aromatic heterocycles. The molecule has 0 saturated carbocycles. The van der Waals surface area contributed by atoms with Crippen LogP contribution in [-0.4, -0.2) is 15.0 Å². The van der Waals surface area contributed by atoms with Gasteiger partial charge in [0, 0.05) is 6.07 Å². The quantitative estimate of drug-likeness (QED) is 0.804. The third-order valence-corrected chi connectivity index (χ3v) is 3.05. The zero-order chi connectivity index (χ0) is 12.5. The number of halogens is 5. The first kappa shape index (κ1) is 13.4. The zero-order valence-corrected chi connectivity index (χ0v) is 9.58. The van der Waals surface area contributed by atoms with Crippen LogP contribution in [0.5, 0.6) is 5.75 Å². The van der Waals surface area contributed by atoms with Crippen molar-refractivity contribution in [1.82, 2.24) is 0 Å². The van der Waals surface area contributed by atoms with E-state index < -0.39 is 37.5 Å². The molecule has 1 aromatic rings. The minimum atomic E-state index is -5.06. The Bertz CT molecular complexity index is 504. The fourth-order valence-corrected chi connectivity index (χ4v) is 2.14. The Kier molecular flexibility index (Phi) is 3.92. The normalized spacial score (nSPS) is 11.9. The number of benzene rings is 1. The lowest BCUT2D eigenvalue weighted by Gasteiger charge is -2.08. The summed E-state index contributed by atoms with van der Waals surface area (Å²) in [6, 6.07) is 1.29. The molecular weight excluding hydrogens is 292 g/mol. The molecule has 0 N–H and O–H groups in total. The van der Waals surface area contributed by atoms with E-state index in [9.17, 15) is 21.1 Å². The van der Waals surface area contributed by atoms with Crippen LogP contribution >= 0.6 is 23.2 Å². The van der Waals surface area contributed by atoms with Gasteiger partial charge in [-0.3, -0.25) is 0 Å². The van der Waals surface area contributed by atoms with Gasteiger partial charge in [0.15, 0.2) is 0 Å². The van der Waals surface area contributed by atoms with Crippen molar-refractivity contribution in [1.29, 1.82) is 0 Å². The van der Waals surface area contributed by atoms with Crippen molar-refractivity contribution >= 4 is 33.4 Å². The Labute approximate surface area is 98.9 Å². The molecule has 3 nitrogen and oxygen atoms in total. The van der Waals surface area contributed by atoms with Gasteiger partial charge in [-0.05, 0) is 6.07 Å². The molecule has 0 amide bonds. The second-order valence-corrected chi connectivity index (χ2v) is 4.66. The van der Waals surface area contributed by atoms with E-state index in [2.05, 4.69) is 4.74 Å². The first-order chi connectivity index (χ1) is 7.21. The molecule has 0 saturated heterocycles. The lowest BCUT2D eigenvalue weighted by Crippen LogP contribution is -2.03. The lowest BCUT2D eigenvalue weighted by atomic mass is 10.3. The van der Waals surface area contributed by atoms with Gasteiger partial charge in [-0.1, -0.05) is 23.2 Å². The third-order valence-electron chi connectivity index (χ3n) is 1.47. The van der Waals surface area contributed by atoms with Crippen LogP contribution in [0.15, 0.2) is 17.0 Å². The van der Waals surface area contributed by atoms with Crippen molar-refractivity contribution in [2.24, 2.45) is 0 Å². The van der Waals surface area contributed by atoms with E-state index in [0.29, 0.717) is 12.1 Å². The standard InChI is InChI=1S/C7H3Cl2F3O3S/c8-3-2-6(16(12,13)14)4(9)1-5(3)15-7(10)11/h1-2,7H. The van der Waals surface area contributed by atoms with Crippen LogP contribution in [0.1, 0.15) is 0 Å². The van der Waals surface area contributed by atoms with Gasteiger partial charge in [0.05, 0.1) is 10.0 Å². The van der Waals surface area contributed by atoms with Crippen molar-refractivity contribution in [3.8, 4) is 5.75 Å². The number of hydrogen-bond donors (Lipinski definition) is 0. The Morgan fingerprint density at radius 1 is 1.19 bits per heavy atom. The third kappa shape index (κ3) is 3.16. The molecule has 0 atom stereocenters. The molecule has 0 radical (unpaired) electrons. The molecule has 0 spiro atoms. The van der Waals surface area contributed by atoms with Gasteiger partial charge in [-0.2, -0.15) is 17.2 Å². The number of hydrogen-bond acceptors (Lipinski definition) is 3. The molecule has 16 heavy (non-hydrogen) atoms. The van der Waals surface area contributed by atoms with Crippen molar-refractivity contribution in [2.45, 2.75) is 11.5 Å². The van der Waals surface area contributed by atoms with E-state index in [1.807, 2.05) is 0 Å². The summed E-state index contributed by atoms with van der Waals surface area (Å²) in [5, 5.41) is -1.08. The van der Waals surface area contributed by atoms with Gasteiger partial charge >= 0.3 is 16.8 Å². The Morgan fingerprint density at radius 3 is 2.19 bits per heavy atom. The molecule has 0 fully saturated rings. The topological polar surface area (TPSA) is 43.4 Å². The van der Waals surface area contributed by atoms with Crippen LogP contribution in [0.25, 0.3) is 0 Å². The van der Waals surface area contributed by atoms with Gasteiger partial charge in [0.1, 0.15) is 10.6 Å². The number of alkyl halides is 2. The van der Waals surface area contributed by atoms with Crippen molar-refractivity contribution in [3.63, 3.8) is 0 Å². The Morgan fingerprint density at radius 2 is 1.75 bits per heavy atom. The molecule has 0 aliphatic rings. The summed E-state index contributed by atoms with van der Waals surface area (Å²) in [6.45, 7) is -3.15. The number of ether oxygens (including phenoxy) is 1. The van der Waals surface area contributed by atoms with Crippen LogP contribution < -0.4 is 4.74 Å². The monoisotopic (exact) mass is 294 g/mol. The first-order valence-electron chi connectivity index (χ1n) is 3.60. The van der Waals surface area contributed by atoms with Gasteiger partial charge in [-0.25, -0.2) is 0 Å². The van der Waals surface area contributed by atoms with Crippen molar-refractivity contribution in [2.75, 3.05) is 0 Å². The summed E-state index contributed by atoms with van der Waals surface area (Å²) >= 11 is 10.8. The number of rotatable bonds is 3. The molecule has 0 aliphatic heterocycles. The molecular formula is C7H3Cl2F3O3S. The minimum absolute atomic E-state index is 0.485. The SMILES string of the molecule is O=S(=O)(F)c1cc(Cl)c(OC(F)F)cc1Cl. The van der Waals surface area contributed by atoms with Crippen LogP contribution in [0.3, 0.4) is 0 Å². The summed E-state index contributed by atoms with van der Waals surface area (Å²) in [5.74, 6) is -0.533. The maximum atomic E-state index is 12.6. The zero-order valence-electron chi connectivity index (χ0n) is 7.25. The van der Waals surface area contributed by atoms with E-state index in [4.69, 9.17) is 23.2 Å². The first-order valence-corrected chi connectivity index (χ1v) is 5.74.